The molecule has 5 rings (SSSR count). The van der Waals surface area contributed by atoms with Gasteiger partial charge >= 0.3 is 5.96 Å². The van der Waals surface area contributed by atoms with E-state index >= 15 is 0 Å². The second kappa shape index (κ2) is 10.0. The first-order chi connectivity index (χ1) is 18.8. The van der Waals surface area contributed by atoms with Crippen LogP contribution in [-0.2, 0) is 5.41 Å². The standard InChI is InChI=1S/C25H14N8O2S4/c1-25(2)20-18(38-22(32-20)16-12(34-5)7-14(36-16)30-11(9-26)10-27)19-21(25)33-23(39-19)17-13(35-6)8-15(37-17)31-24(28-3)29-4/h7-8H,1-2,5-6H3. The van der Waals surface area contributed by atoms with Crippen LogP contribution in [0.3, 0.4) is 0 Å². The molecule has 14 heteroatoms. The Labute approximate surface area is 239 Å². The highest BCUT2D eigenvalue weighted by Gasteiger charge is 2.43. The second-order valence-electron chi connectivity index (χ2n) is 8.30. The molecule has 0 saturated carbocycles. The third kappa shape index (κ3) is 4.36. The Morgan fingerprint density at radius 2 is 1.28 bits per heavy atom. The van der Waals surface area contributed by atoms with Crippen LogP contribution < -0.4 is 9.47 Å². The molecule has 1 aliphatic rings. The van der Waals surface area contributed by atoms with Gasteiger partial charge in [-0.25, -0.2) is 24.7 Å². The Morgan fingerprint density at radius 3 is 1.69 bits per heavy atom. The van der Waals surface area contributed by atoms with Crippen molar-refractivity contribution in [3.05, 3.63) is 46.4 Å². The van der Waals surface area contributed by atoms with E-state index < -0.39 is 5.41 Å². The van der Waals surface area contributed by atoms with Gasteiger partial charge in [0, 0.05) is 11.1 Å². The van der Waals surface area contributed by atoms with Crippen molar-refractivity contribution in [1.29, 1.82) is 10.5 Å². The van der Waals surface area contributed by atoms with Crippen LogP contribution in [0.2, 0.25) is 0 Å². The number of rotatable bonds is 6. The van der Waals surface area contributed by atoms with Crippen LogP contribution >= 0.6 is 45.3 Å². The first-order valence-corrected chi connectivity index (χ1v) is 14.2. The maximum absolute atomic E-state index is 9.07. The highest BCUT2D eigenvalue weighted by Crippen LogP contribution is 2.58. The summed E-state index contributed by atoms with van der Waals surface area (Å²) in [5.74, 6) is 0.887. The number of nitriles is 2. The molecule has 0 bridgehead atoms. The van der Waals surface area contributed by atoms with Crippen molar-refractivity contribution >= 4 is 67.0 Å². The van der Waals surface area contributed by atoms with E-state index in [0.717, 1.165) is 40.9 Å². The summed E-state index contributed by atoms with van der Waals surface area (Å²) in [6, 6.07) is 6.95. The van der Waals surface area contributed by atoms with Crippen LogP contribution in [0.1, 0.15) is 25.2 Å². The molecule has 0 saturated heterocycles. The minimum Gasteiger partial charge on any atom is -0.495 e. The molecule has 0 N–H and O–H groups in total. The van der Waals surface area contributed by atoms with E-state index in [1.165, 1.54) is 45.3 Å². The lowest BCUT2D eigenvalue weighted by molar-refractivity contribution is 0.418. The summed E-state index contributed by atoms with van der Waals surface area (Å²) in [6.07, 6.45) is 0. The number of thiazole rings is 2. The van der Waals surface area contributed by atoms with Crippen LogP contribution in [0, 0.1) is 35.8 Å². The van der Waals surface area contributed by atoms with E-state index in [1.54, 1.807) is 38.5 Å². The molecule has 0 aromatic carbocycles. The predicted molar refractivity (Wildman–Crippen MR) is 154 cm³/mol. The Morgan fingerprint density at radius 1 is 0.821 bits per heavy atom. The molecule has 0 atom stereocenters. The van der Waals surface area contributed by atoms with Crippen molar-refractivity contribution < 1.29 is 9.47 Å². The molecule has 39 heavy (non-hydrogen) atoms. The number of ether oxygens (including phenoxy) is 2. The van der Waals surface area contributed by atoms with Gasteiger partial charge in [-0.05, 0) is 27.0 Å². The normalized spacial score (nSPS) is 12.2. The number of aromatic nitrogens is 2. The maximum Gasteiger partial charge on any atom is 0.635 e. The van der Waals surface area contributed by atoms with Crippen molar-refractivity contribution in [3.8, 4) is 53.2 Å². The predicted octanol–water partition coefficient (Wildman–Crippen LogP) is 7.33. The Hall–Kier alpha value is -4.44. The number of hydrogen-bond donors (Lipinski definition) is 0. The Kier molecular flexibility index (Phi) is 6.73. The fourth-order valence-electron chi connectivity index (χ4n) is 3.90. The van der Waals surface area contributed by atoms with Crippen LogP contribution in [0.4, 0.5) is 10.0 Å². The second-order valence-corrected chi connectivity index (χ2v) is 12.4. The zero-order chi connectivity index (χ0) is 27.9. The molecular formula is C25H14N8O2S4. The van der Waals surface area contributed by atoms with Gasteiger partial charge in [0.05, 0.1) is 46.8 Å². The molecule has 0 spiro atoms. The lowest BCUT2D eigenvalue weighted by atomic mass is 9.90. The number of thiophene rings is 2. The molecule has 0 unspecified atom stereocenters. The number of methoxy groups -OCH3 is 2. The van der Waals surface area contributed by atoms with Crippen molar-refractivity contribution in [1.82, 2.24) is 9.97 Å². The minimum atomic E-state index is -0.457. The van der Waals surface area contributed by atoms with Gasteiger partial charge in [0.25, 0.3) is 5.00 Å². The SMILES string of the molecule is [C-]#[N+]C(=Nc1cc(OC)c(-c2nc3c(s2)-c2sc(-c4sc(N=C(C#N)C#N)cc4OC)nc2C3(C)C)s1)[N+]#[C-]. The van der Waals surface area contributed by atoms with E-state index in [-0.39, 0.29) is 11.7 Å². The summed E-state index contributed by atoms with van der Waals surface area (Å²) >= 11 is 5.68. The summed E-state index contributed by atoms with van der Waals surface area (Å²) in [6.45, 7) is 18.3. The lowest BCUT2D eigenvalue weighted by Crippen LogP contribution is -2.17. The van der Waals surface area contributed by atoms with Crippen LogP contribution in [0.25, 0.3) is 39.2 Å². The molecule has 1 aliphatic carbocycles. The summed E-state index contributed by atoms with van der Waals surface area (Å²) in [5, 5.41) is 20.6. The Bertz CT molecular complexity index is 1710. The highest BCUT2D eigenvalue weighted by molar-refractivity contribution is 7.29. The van der Waals surface area contributed by atoms with Crippen LogP contribution in [0.5, 0.6) is 11.5 Å². The summed E-state index contributed by atoms with van der Waals surface area (Å²) in [7, 11) is 3.12. The smallest absolute Gasteiger partial charge is 0.495 e. The third-order valence-electron chi connectivity index (χ3n) is 5.69. The van der Waals surface area contributed by atoms with E-state index in [2.05, 4.69) is 33.5 Å². The van der Waals surface area contributed by atoms with Crippen molar-refractivity contribution in [2.24, 2.45) is 9.98 Å². The molecule has 0 radical (unpaired) electrons. The van der Waals surface area contributed by atoms with Gasteiger partial charge in [-0.1, -0.05) is 11.3 Å². The molecule has 4 aromatic rings. The highest BCUT2D eigenvalue weighted by atomic mass is 32.1. The number of nitrogens with zero attached hydrogens (tertiary/aromatic N) is 8. The monoisotopic (exact) mass is 586 g/mol. The first kappa shape index (κ1) is 26.2. The summed E-state index contributed by atoms with van der Waals surface area (Å²) in [4.78, 5) is 28.0. The molecular weight excluding hydrogens is 573 g/mol. The number of aliphatic imine (C=N–C) groups is 2. The largest absolute Gasteiger partial charge is 0.635 e. The molecule has 4 heterocycles. The van der Waals surface area contributed by atoms with Crippen molar-refractivity contribution in [3.63, 3.8) is 0 Å². The van der Waals surface area contributed by atoms with E-state index in [4.69, 9.17) is 43.1 Å². The quantitative estimate of drug-likeness (QED) is 0.132. The Balaban J connectivity index is 1.59. The van der Waals surface area contributed by atoms with Gasteiger partial charge in [-0.3, -0.25) is 0 Å². The average molecular weight is 587 g/mol. The lowest BCUT2D eigenvalue weighted by Gasteiger charge is -2.16. The topological polar surface area (TPSA) is 125 Å². The maximum atomic E-state index is 9.07. The molecule has 0 aliphatic heterocycles. The summed E-state index contributed by atoms with van der Waals surface area (Å²) < 4.78 is 11.1. The van der Waals surface area contributed by atoms with Gasteiger partial charge in [0.1, 0.15) is 48.4 Å². The fraction of sp³-hybridized carbons (Fsp3) is 0.200. The third-order valence-corrected chi connectivity index (χ3v) is 10.3. The molecule has 0 amide bonds. The van der Waals surface area contributed by atoms with Gasteiger partial charge < -0.3 is 9.47 Å². The number of fused-ring (bicyclic) bond motifs is 3. The van der Waals surface area contributed by atoms with Crippen LogP contribution in [-0.4, -0.2) is 35.9 Å². The van der Waals surface area contributed by atoms with E-state index in [9.17, 15) is 0 Å². The van der Waals surface area contributed by atoms with Gasteiger partial charge in [-0.2, -0.15) is 10.5 Å². The fourth-order valence-corrected chi connectivity index (χ4v) is 8.63. The van der Waals surface area contributed by atoms with E-state index in [1.807, 2.05) is 0 Å². The molecule has 10 nitrogen and oxygen atoms in total. The first-order valence-electron chi connectivity index (χ1n) is 10.9. The van der Waals surface area contributed by atoms with Crippen molar-refractivity contribution in [2.75, 3.05) is 14.2 Å². The van der Waals surface area contributed by atoms with Gasteiger partial charge in [0.15, 0.2) is 0 Å². The average Bonchev–Trinajstić information content (AvgIpc) is 3.74. The van der Waals surface area contributed by atoms with Gasteiger partial charge in [0.2, 0.25) is 5.71 Å². The molecule has 0 fully saturated rings. The zero-order valence-electron chi connectivity index (χ0n) is 20.7. The van der Waals surface area contributed by atoms with Gasteiger partial charge in [-0.15, -0.1) is 34.0 Å². The molecule has 4 aromatic heterocycles. The van der Waals surface area contributed by atoms with Crippen LogP contribution in [0.15, 0.2) is 22.1 Å². The number of guanidine groups is 1. The van der Waals surface area contributed by atoms with E-state index in [0.29, 0.717) is 21.5 Å². The summed E-state index contributed by atoms with van der Waals surface area (Å²) in [5.41, 5.74) is 1.15. The number of hydrogen-bond acceptors (Lipinski definition) is 12. The minimum absolute atomic E-state index is 0.229. The zero-order valence-corrected chi connectivity index (χ0v) is 23.9. The van der Waals surface area contributed by atoms with Crippen molar-refractivity contribution in [2.45, 2.75) is 19.3 Å². The molecule has 190 valence electrons.